The second kappa shape index (κ2) is 8.17. The number of hydrogen-bond acceptors (Lipinski definition) is 7. The minimum atomic E-state index is -1.14. The molecule has 2 unspecified atom stereocenters. The van der Waals surface area contributed by atoms with E-state index in [0.29, 0.717) is 21.9 Å². The van der Waals surface area contributed by atoms with E-state index in [2.05, 4.69) is 0 Å². The Kier molecular flexibility index (Phi) is 6.88. The number of nitrogen functional groups attached to an aromatic ring is 1. The minimum Gasteiger partial charge on any atom is -0.398 e. The molecule has 0 heterocycles. The second-order valence-corrected chi connectivity index (χ2v) is 6.25. The Balaban J connectivity index is 2.74. The zero-order chi connectivity index (χ0) is 15.1. The Labute approximate surface area is 126 Å². The quantitative estimate of drug-likeness (QED) is 0.418. The number of aliphatic hydroxyl groups is 2. The van der Waals surface area contributed by atoms with Gasteiger partial charge in [0.2, 0.25) is 0 Å². The first-order chi connectivity index (χ1) is 9.45. The van der Waals surface area contributed by atoms with Crippen molar-refractivity contribution >= 4 is 34.3 Å². The van der Waals surface area contributed by atoms with Crippen molar-refractivity contribution in [3.63, 3.8) is 0 Å². The van der Waals surface area contributed by atoms with Crippen molar-refractivity contribution in [3.8, 4) is 5.40 Å². The third-order valence-corrected chi connectivity index (χ3v) is 4.05. The summed E-state index contributed by atoms with van der Waals surface area (Å²) in [6.07, 6.45) is -1.87. The molecule has 20 heavy (non-hydrogen) atoms. The molecule has 0 bridgehead atoms. The van der Waals surface area contributed by atoms with E-state index in [1.54, 1.807) is 18.2 Å². The van der Waals surface area contributed by atoms with Crippen molar-refractivity contribution in [2.75, 3.05) is 11.5 Å². The maximum atomic E-state index is 10.8. The average Bonchev–Trinajstić information content (AvgIpc) is 2.40. The number of aliphatic hydroxyl groups excluding tert-OH is 2. The predicted molar refractivity (Wildman–Crippen MR) is 81.0 cm³/mol. The summed E-state index contributed by atoms with van der Waals surface area (Å²) in [5, 5.41) is 30.6. The van der Waals surface area contributed by atoms with E-state index in [1.165, 1.54) is 6.92 Å². The van der Waals surface area contributed by atoms with Crippen molar-refractivity contribution in [2.24, 2.45) is 0 Å². The first kappa shape index (κ1) is 16.9. The van der Waals surface area contributed by atoms with Gasteiger partial charge in [-0.1, -0.05) is 11.8 Å². The van der Waals surface area contributed by atoms with Gasteiger partial charge >= 0.3 is 0 Å². The minimum absolute atomic E-state index is 0.0291. The summed E-state index contributed by atoms with van der Waals surface area (Å²) in [5.41, 5.74) is 6.53. The molecule has 0 aliphatic rings. The van der Waals surface area contributed by atoms with Crippen molar-refractivity contribution in [2.45, 2.75) is 30.4 Å². The van der Waals surface area contributed by atoms with Gasteiger partial charge in [0.25, 0.3) is 0 Å². The molecule has 7 heteroatoms. The topological polar surface area (TPSA) is 107 Å². The zero-order valence-electron chi connectivity index (χ0n) is 10.9. The number of carbonyl (C=O) groups is 1. The van der Waals surface area contributed by atoms with Gasteiger partial charge in [-0.2, -0.15) is 5.26 Å². The van der Waals surface area contributed by atoms with Crippen LogP contribution in [0.5, 0.6) is 0 Å². The number of rotatable bonds is 6. The Bertz CT molecular complexity index is 517. The molecule has 0 aliphatic carbocycles. The highest BCUT2D eigenvalue weighted by Gasteiger charge is 2.21. The third kappa shape index (κ3) is 5.06. The van der Waals surface area contributed by atoms with Gasteiger partial charge in [0, 0.05) is 28.8 Å². The van der Waals surface area contributed by atoms with Gasteiger partial charge in [-0.05, 0) is 36.4 Å². The molecule has 0 saturated heterocycles. The molecule has 5 nitrogen and oxygen atoms in total. The number of benzene rings is 1. The molecule has 2 atom stereocenters. The maximum absolute atomic E-state index is 10.8. The Morgan fingerprint density at radius 1 is 1.50 bits per heavy atom. The number of nitrogens with zero attached hydrogens (tertiary/aromatic N) is 1. The highest BCUT2D eigenvalue weighted by atomic mass is 32.2. The van der Waals surface area contributed by atoms with Gasteiger partial charge in [-0.15, -0.1) is 0 Å². The van der Waals surface area contributed by atoms with Crippen LogP contribution in [0.4, 0.5) is 5.69 Å². The van der Waals surface area contributed by atoms with Crippen molar-refractivity contribution in [3.05, 3.63) is 23.8 Å². The zero-order valence-corrected chi connectivity index (χ0v) is 12.6. The van der Waals surface area contributed by atoms with Crippen molar-refractivity contribution in [1.29, 1.82) is 5.26 Å². The van der Waals surface area contributed by atoms with E-state index in [1.807, 2.05) is 5.40 Å². The number of nitriles is 1. The molecular formula is C13H16N2O3S2. The van der Waals surface area contributed by atoms with Gasteiger partial charge in [0.05, 0.1) is 6.10 Å². The molecular weight excluding hydrogens is 296 g/mol. The summed E-state index contributed by atoms with van der Waals surface area (Å²) in [5.74, 6) is 0.431. The summed E-state index contributed by atoms with van der Waals surface area (Å²) >= 11 is 2.06. The molecule has 0 fully saturated rings. The van der Waals surface area contributed by atoms with E-state index < -0.39 is 12.2 Å². The van der Waals surface area contributed by atoms with E-state index in [0.717, 1.165) is 23.5 Å². The van der Waals surface area contributed by atoms with Gasteiger partial charge in [-0.25, -0.2) is 0 Å². The number of thioether (sulfide) groups is 2. The van der Waals surface area contributed by atoms with Crippen LogP contribution in [0, 0.1) is 10.7 Å². The van der Waals surface area contributed by atoms with E-state index >= 15 is 0 Å². The Hall–Kier alpha value is -1.20. The third-order valence-electron chi connectivity index (χ3n) is 2.62. The van der Waals surface area contributed by atoms with Crippen LogP contribution in [0.3, 0.4) is 0 Å². The van der Waals surface area contributed by atoms with Crippen LogP contribution in [0.1, 0.15) is 25.0 Å². The molecule has 0 aliphatic heterocycles. The molecule has 1 aromatic carbocycles. The lowest BCUT2D eigenvalue weighted by Crippen LogP contribution is -2.20. The SMILES string of the molecule is CC(=O)SCCC(O)C(O)c1cc(SC#N)ccc1N. The van der Waals surface area contributed by atoms with Crippen LogP contribution in [0.25, 0.3) is 0 Å². The van der Waals surface area contributed by atoms with Gasteiger partial charge < -0.3 is 15.9 Å². The first-order valence-corrected chi connectivity index (χ1v) is 7.70. The predicted octanol–water partition coefficient (Wildman–Crippen LogP) is 1.91. The van der Waals surface area contributed by atoms with Gasteiger partial charge in [-0.3, -0.25) is 4.79 Å². The lowest BCUT2D eigenvalue weighted by Gasteiger charge is -2.19. The summed E-state index contributed by atoms with van der Waals surface area (Å²) in [7, 11) is 0. The number of hydrogen-bond donors (Lipinski definition) is 3. The molecule has 108 valence electrons. The van der Waals surface area contributed by atoms with Crippen LogP contribution in [-0.4, -0.2) is 27.2 Å². The number of anilines is 1. The smallest absolute Gasteiger partial charge is 0.185 e. The Morgan fingerprint density at radius 2 is 2.20 bits per heavy atom. The first-order valence-electron chi connectivity index (χ1n) is 5.90. The van der Waals surface area contributed by atoms with E-state index in [9.17, 15) is 15.0 Å². The molecule has 0 aromatic heterocycles. The molecule has 1 aromatic rings. The van der Waals surface area contributed by atoms with Gasteiger partial charge in [0.1, 0.15) is 11.5 Å². The lowest BCUT2D eigenvalue weighted by molar-refractivity contribution is -0.109. The fourth-order valence-electron chi connectivity index (χ4n) is 1.61. The summed E-state index contributed by atoms with van der Waals surface area (Å²) in [6, 6.07) is 4.86. The highest BCUT2D eigenvalue weighted by Crippen LogP contribution is 2.29. The average molecular weight is 312 g/mol. The highest BCUT2D eigenvalue weighted by molar-refractivity contribution is 8.13. The van der Waals surface area contributed by atoms with Crippen LogP contribution >= 0.6 is 23.5 Å². The van der Waals surface area contributed by atoms with Crippen LogP contribution in [0.15, 0.2) is 23.1 Å². The summed E-state index contributed by atoms with van der Waals surface area (Å²) in [6.45, 7) is 1.45. The summed E-state index contributed by atoms with van der Waals surface area (Å²) in [4.78, 5) is 11.5. The van der Waals surface area contributed by atoms with Gasteiger partial charge in [0.15, 0.2) is 5.12 Å². The Morgan fingerprint density at radius 3 is 2.80 bits per heavy atom. The number of nitrogens with two attached hydrogens (primary N) is 1. The molecule has 0 radical (unpaired) electrons. The molecule has 0 saturated carbocycles. The molecule has 0 spiro atoms. The number of carbonyl (C=O) groups excluding carboxylic acids is 1. The van der Waals surface area contributed by atoms with Crippen LogP contribution < -0.4 is 5.73 Å². The fourth-order valence-corrected chi connectivity index (χ4v) is 2.69. The monoisotopic (exact) mass is 312 g/mol. The normalized spacial score (nSPS) is 13.5. The van der Waals surface area contributed by atoms with Crippen LogP contribution in [-0.2, 0) is 4.79 Å². The summed E-state index contributed by atoms with van der Waals surface area (Å²) < 4.78 is 0. The van der Waals surface area contributed by atoms with Crippen molar-refractivity contribution in [1.82, 2.24) is 0 Å². The second-order valence-electron chi connectivity index (χ2n) is 4.12. The van der Waals surface area contributed by atoms with E-state index in [-0.39, 0.29) is 11.5 Å². The standard InChI is InChI=1S/C13H16N2O3S2/c1-8(16)19-5-4-12(17)13(18)10-6-9(20-7-14)2-3-11(10)15/h2-3,6,12-13,17-18H,4-5,15H2,1H3. The molecule has 4 N–H and O–H groups in total. The number of thiocyanates is 1. The lowest BCUT2D eigenvalue weighted by atomic mass is 10.0. The maximum Gasteiger partial charge on any atom is 0.185 e. The van der Waals surface area contributed by atoms with Crippen molar-refractivity contribution < 1.29 is 15.0 Å². The largest absolute Gasteiger partial charge is 0.398 e. The van der Waals surface area contributed by atoms with E-state index in [4.69, 9.17) is 11.0 Å². The fraction of sp³-hybridized carbons (Fsp3) is 0.385. The molecule has 0 amide bonds. The van der Waals surface area contributed by atoms with Crippen LogP contribution in [0.2, 0.25) is 0 Å². The molecule has 1 rings (SSSR count).